The van der Waals surface area contributed by atoms with Crippen LogP contribution in [0.1, 0.15) is 22.8 Å². The molecule has 1 aliphatic heterocycles. The van der Waals surface area contributed by atoms with Crippen LogP contribution in [0.25, 0.3) is 0 Å². The van der Waals surface area contributed by atoms with Crippen LogP contribution in [0.4, 0.5) is 17.2 Å². The largest absolute Gasteiger partial charge is 0.495 e. The average molecular weight is 359 g/mol. The van der Waals surface area contributed by atoms with Gasteiger partial charge in [-0.25, -0.2) is 4.98 Å². The van der Waals surface area contributed by atoms with Crippen molar-refractivity contribution in [2.24, 2.45) is 0 Å². The molecule has 1 amide bonds. The average Bonchev–Trinajstić information content (AvgIpc) is 3.04. The molecule has 0 saturated carbocycles. The molecule has 0 fully saturated rings. The van der Waals surface area contributed by atoms with E-state index in [9.17, 15) is 4.79 Å². The van der Waals surface area contributed by atoms with Gasteiger partial charge in [0.1, 0.15) is 11.6 Å². The molecule has 2 heterocycles. The van der Waals surface area contributed by atoms with Gasteiger partial charge in [0.2, 0.25) is 0 Å². The van der Waals surface area contributed by atoms with Gasteiger partial charge >= 0.3 is 0 Å². The smallest absolute Gasteiger partial charge is 0.255 e. The number of benzene rings is 2. The van der Waals surface area contributed by atoms with Crippen molar-refractivity contribution < 1.29 is 9.53 Å². The molecule has 27 heavy (non-hydrogen) atoms. The topological polar surface area (TPSA) is 54.5 Å². The van der Waals surface area contributed by atoms with Crippen LogP contribution in [-0.4, -0.2) is 24.0 Å². The van der Waals surface area contributed by atoms with Crippen molar-refractivity contribution >= 4 is 23.1 Å². The Bertz CT molecular complexity index is 987. The summed E-state index contributed by atoms with van der Waals surface area (Å²) in [5.74, 6) is 1.21. The quantitative estimate of drug-likeness (QED) is 0.749. The first kappa shape index (κ1) is 17.1. The van der Waals surface area contributed by atoms with Gasteiger partial charge in [0.25, 0.3) is 5.91 Å². The number of amides is 1. The third-order valence-corrected chi connectivity index (χ3v) is 4.82. The molecule has 1 aliphatic rings. The van der Waals surface area contributed by atoms with Crippen LogP contribution in [0.2, 0.25) is 0 Å². The second-order valence-electron chi connectivity index (χ2n) is 6.61. The van der Waals surface area contributed by atoms with Crippen molar-refractivity contribution in [2.75, 3.05) is 17.3 Å². The highest BCUT2D eigenvalue weighted by Gasteiger charge is 2.28. The van der Waals surface area contributed by atoms with Crippen LogP contribution in [0, 0.1) is 0 Å². The molecule has 0 radical (unpaired) electrons. The number of para-hydroxylation sites is 3. The Morgan fingerprint density at radius 2 is 1.93 bits per heavy atom. The van der Waals surface area contributed by atoms with Crippen LogP contribution in [-0.2, 0) is 6.42 Å². The lowest BCUT2D eigenvalue weighted by atomic mass is 10.1. The minimum absolute atomic E-state index is 0.191. The van der Waals surface area contributed by atoms with Gasteiger partial charge in [0.05, 0.1) is 12.8 Å². The minimum atomic E-state index is -0.191. The number of rotatable bonds is 4. The highest BCUT2D eigenvalue weighted by Crippen LogP contribution is 2.37. The number of aromatic nitrogens is 1. The fourth-order valence-electron chi connectivity index (χ4n) is 3.55. The standard InChI is InChI=1S/C22H21N3O2/c1-15-13-16-7-3-5-9-19(16)25(15)21-14-17(11-12-23-21)22(26)24-18-8-4-6-10-20(18)27-2/h3-12,14-15H,13H2,1-2H3,(H,24,26). The number of pyridine rings is 1. The zero-order chi connectivity index (χ0) is 18.8. The molecular formula is C22H21N3O2. The molecule has 1 atom stereocenters. The molecule has 0 saturated heterocycles. The molecule has 1 N–H and O–H groups in total. The van der Waals surface area contributed by atoms with E-state index in [4.69, 9.17) is 4.74 Å². The zero-order valence-corrected chi connectivity index (χ0v) is 15.3. The molecule has 1 aromatic heterocycles. The maximum absolute atomic E-state index is 12.8. The van der Waals surface area contributed by atoms with E-state index in [-0.39, 0.29) is 5.91 Å². The summed E-state index contributed by atoms with van der Waals surface area (Å²) in [6.07, 6.45) is 2.65. The monoisotopic (exact) mass is 359 g/mol. The van der Waals surface area contributed by atoms with Gasteiger partial charge in [0.15, 0.2) is 0 Å². The van der Waals surface area contributed by atoms with Crippen molar-refractivity contribution in [3.05, 3.63) is 78.0 Å². The second-order valence-corrected chi connectivity index (χ2v) is 6.61. The minimum Gasteiger partial charge on any atom is -0.495 e. The van der Waals surface area contributed by atoms with Crippen LogP contribution in [0.5, 0.6) is 5.75 Å². The molecule has 5 nitrogen and oxygen atoms in total. The third-order valence-electron chi connectivity index (χ3n) is 4.82. The summed E-state index contributed by atoms with van der Waals surface area (Å²) in [6, 6.07) is 19.5. The van der Waals surface area contributed by atoms with Gasteiger partial charge in [-0.05, 0) is 49.2 Å². The highest BCUT2D eigenvalue weighted by atomic mass is 16.5. The molecule has 1 unspecified atom stereocenters. The van der Waals surface area contributed by atoms with Gasteiger partial charge in [-0.1, -0.05) is 30.3 Å². The van der Waals surface area contributed by atoms with E-state index in [0.717, 1.165) is 17.9 Å². The van der Waals surface area contributed by atoms with E-state index in [1.165, 1.54) is 5.56 Å². The van der Waals surface area contributed by atoms with Gasteiger partial charge in [-0.3, -0.25) is 4.79 Å². The lowest BCUT2D eigenvalue weighted by Gasteiger charge is -2.24. The number of hydrogen-bond donors (Lipinski definition) is 1. The Labute approximate surface area is 158 Å². The molecule has 3 aromatic rings. The first-order valence-corrected chi connectivity index (χ1v) is 8.95. The summed E-state index contributed by atoms with van der Waals surface area (Å²) in [6.45, 7) is 2.17. The van der Waals surface area contributed by atoms with Crippen molar-refractivity contribution in [2.45, 2.75) is 19.4 Å². The first-order valence-electron chi connectivity index (χ1n) is 8.95. The van der Waals surface area contributed by atoms with E-state index < -0.39 is 0 Å². The van der Waals surface area contributed by atoms with E-state index in [2.05, 4.69) is 40.3 Å². The fourth-order valence-corrected chi connectivity index (χ4v) is 3.55. The maximum atomic E-state index is 12.8. The number of fused-ring (bicyclic) bond motifs is 1. The second kappa shape index (κ2) is 7.11. The number of nitrogens with one attached hydrogen (secondary N) is 1. The van der Waals surface area contributed by atoms with Gasteiger partial charge in [0, 0.05) is 23.5 Å². The van der Waals surface area contributed by atoms with E-state index in [0.29, 0.717) is 23.0 Å². The Morgan fingerprint density at radius 3 is 2.78 bits per heavy atom. The third kappa shape index (κ3) is 3.24. The molecule has 2 aromatic carbocycles. The molecule has 136 valence electrons. The zero-order valence-electron chi connectivity index (χ0n) is 15.3. The van der Waals surface area contributed by atoms with E-state index in [1.807, 2.05) is 36.4 Å². The lowest BCUT2D eigenvalue weighted by molar-refractivity contribution is 0.102. The molecular weight excluding hydrogens is 338 g/mol. The molecule has 0 bridgehead atoms. The van der Waals surface area contributed by atoms with Gasteiger partial charge < -0.3 is 15.0 Å². The summed E-state index contributed by atoms with van der Waals surface area (Å²) >= 11 is 0. The molecule has 5 heteroatoms. The summed E-state index contributed by atoms with van der Waals surface area (Å²) in [5.41, 5.74) is 3.65. The fraction of sp³-hybridized carbons (Fsp3) is 0.182. The van der Waals surface area contributed by atoms with Crippen molar-refractivity contribution in [1.82, 2.24) is 4.98 Å². The number of hydrogen-bond acceptors (Lipinski definition) is 4. The Morgan fingerprint density at radius 1 is 1.15 bits per heavy atom. The molecule has 0 spiro atoms. The Kier molecular flexibility index (Phi) is 4.50. The van der Waals surface area contributed by atoms with Crippen molar-refractivity contribution in [3.8, 4) is 5.75 Å². The summed E-state index contributed by atoms with van der Waals surface area (Å²) in [5, 5.41) is 2.92. The van der Waals surface area contributed by atoms with Crippen molar-refractivity contribution in [1.29, 1.82) is 0 Å². The van der Waals surface area contributed by atoms with E-state index in [1.54, 1.807) is 19.4 Å². The SMILES string of the molecule is COc1ccccc1NC(=O)c1ccnc(N2c3ccccc3CC2C)c1. The number of carbonyl (C=O) groups excluding carboxylic acids is 1. The van der Waals surface area contributed by atoms with Crippen LogP contribution < -0.4 is 15.0 Å². The maximum Gasteiger partial charge on any atom is 0.255 e. The molecule has 4 rings (SSSR count). The van der Waals surface area contributed by atoms with E-state index >= 15 is 0 Å². The Balaban J connectivity index is 1.62. The first-order chi connectivity index (χ1) is 13.2. The summed E-state index contributed by atoms with van der Waals surface area (Å²) < 4.78 is 5.30. The van der Waals surface area contributed by atoms with Crippen molar-refractivity contribution in [3.63, 3.8) is 0 Å². The van der Waals surface area contributed by atoms with Crippen LogP contribution >= 0.6 is 0 Å². The number of anilines is 3. The number of ether oxygens (including phenoxy) is 1. The lowest BCUT2D eigenvalue weighted by Crippen LogP contribution is -2.25. The highest BCUT2D eigenvalue weighted by molar-refractivity contribution is 6.05. The summed E-state index contributed by atoms with van der Waals surface area (Å²) in [7, 11) is 1.59. The van der Waals surface area contributed by atoms with Gasteiger partial charge in [-0.2, -0.15) is 0 Å². The Hall–Kier alpha value is -3.34. The molecule has 0 aliphatic carbocycles. The normalized spacial score (nSPS) is 15.3. The predicted molar refractivity (Wildman–Crippen MR) is 107 cm³/mol. The van der Waals surface area contributed by atoms with Crippen LogP contribution in [0.3, 0.4) is 0 Å². The van der Waals surface area contributed by atoms with Crippen LogP contribution in [0.15, 0.2) is 66.9 Å². The predicted octanol–water partition coefficient (Wildman–Crippen LogP) is 4.43. The number of methoxy groups -OCH3 is 1. The number of carbonyl (C=O) groups is 1. The van der Waals surface area contributed by atoms with Gasteiger partial charge in [-0.15, -0.1) is 0 Å². The number of nitrogens with zero attached hydrogens (tertiary/aromatic N) is 2. The summed E-state index contributed by atoms with van der Waals surface area (Å²) in [4.78, 5) is 19.5.